The lowest BCUT2D eigenvalue weighted by atomic mass is 10.2. The fraction of sp³-hybridized carbons (Fsp3) is 0.318. The molecule has 0 aliphatic carbocycles. The van der Waals surface area contributed by atoms with Gasteiger partial charge in [0, 0.05) is 24.3 Å². The second-order valence-corrected chi connectivity index (χ2v) is 6.41. The van der Waals surface area contributed by atoms with Crippen molar-refractivity contribution in [2.75, 3.05) is 6.61 Å². The van der Waals surface area contributed by atoms with E-state index in [9.17, 15) is 4.79 Å². The van der Waals surface area contributed by atoms with Gasteiger partial charge >= 0.3 is 0 Å². The summed E-state index contributed by atoms with van der Waals surface area (Å²) in [5, 5.41) is 10.4. The summed E-state index contributed by atoms with van der Waals surface area (Å²) in [4.78, 5) is 12.2. The molecule has 1 N–H and O–H groups in total. The third-order valence-corrected chi connectivity index (χ3v) is 4.42. The number of aromatic nitrogens is 1. The van der Waals surface area contributed by atoms with Crippen LogP contribution in [0.2, 0.25) is 0 Å². The van der Waals surface area contributed by atoms with Crippen molar-refractivity contribution in [2.24, 2.45) is 0 Å². The molecule has 5 heteroatoms. The minimum atomic E-state index is -0.311. The number of fused-ring (bicyclic) bond motifs is 1. The summed E-state index contributed by atoms with van der Waals surface area (Å²) in [6.45, 7) is 2.94. The van der Waals surface area contributed by atoms with Gasteiger partial charge in [-0.15, -0.1) is 0 Å². The lowest BCUT2D eigenvalue weighted by molar-refractivity contribution is 0.235. The smallest absolute Gasteiger partial charge is 0.227 e. The Kier molecular flexibility index (Phi) is 6.49. The molecule has 5 nitrogen and oxygen atoms in total. The van der Waals surface area contributed by atoms with Crippen LogP contribution in [-0.2, 0) is 13.2 Å². The van der Waals surface area contributed by atoms with Gasteiger partial charge < -0.3 is 18.8 Å². The summed E-state index contributed by atoms with van der Waals surface area (Å²) >= 11 is 0. The summed E-state index contributed by atoms with van der Waals surface area (Å²) in [5.74, 6) is 0.800. The molecule has 0 fully saturated rings. The standard InChI is InChI=1S/C22H25NO4/c1-2-8-21-22(20(25)15-18(16-24)27-21)26-14-7-3-6-12-23-13-11-17-9-4-5-10-19(17)23/h2,4-5,8-11,13,15,24H,3,6-7,12,14,16H2,1H3. The third kappa shape index (κ3) is 4.68. The minimum Gasteiger partial charge on any atom is -0.486 e. The van der Waals surface area contributed by atoms with Crippen LogP contribution in [-0.4, -0.2) is 16.3 Å². The molecular weight excluding hydrogens is 342 g/mol. The first-order chi connectivity index (χ1) is 13.2. The minimum absolute atomic E-state index is 0.210. The Morgan fingerprint density at radius 3 is 2.85 bits per heavy atom. The van der Waals surface area contributed by atoms with Crippen molar-refractivity contribution >= 4 is 17.0 Å². The zero-order valence-electron chi connectivity index (χ0n) is 15.6. The first kappa shape index (κ1) is 19.0. The summed E-state index contributed by atoms with van der Waals surface area (Å²) < 4.78 is 13.4. The molecule has 0 unspecified atom stereocenters. The van der Waals surface area contributed by atoms with Crippen molar-refractivity contribution in [3.8, 4) is 5.75 Å². The van der Waals surface area contributed by atoms with E-state index in [2.05, 4.69) is 41.1 Å². The van der Waals surface area contributed by atoms with Crippen LogP contribution in [0.4, 0.5) is 0 Å². The lowest BCUT2D eigenvalue weighted by Crippen LogP contribution is -2.11. The summed E-state index contributed by atoms with van der Waals surface area (Å²) in [6.07, 6.45) is 8.47. The van der Waals surface area contributed by atoms with Gasteiger partial charge in [0.2, 0.25) is 11.2 Å². The van der Waals surface area contributed by atoms with Crippen LogP contribution in [0.3, 0.4) is 0 Å². The Labute approximate surface area is 158 Å². The van der Waals surface area contributed by atoms with E-state index in [-0.39, 0.29) is 23.5 Å². The van der Waals surface area contributed by atoms with E-state index in [1.807, 2.05) is 6.92 Å². The van der Waals surface area contributed by atoms with E-state index >= 15 is 0 Å². The number of nitrogens with zero attached hydrogens (tertiary/aromatic N) is 1. The Balaban J connectivity index is 1.50. The fourth-order valence-corrected chi connectivity index (χ4v) is 3.10. The quantitative estimate of drug-likeness (QED) is 0.571. The summed E-state index contributed by atoms with van der Waals surface area (Å²) in [5.41, 5.74) is 0.989. The summed E-state index contributed by atoms with van der Waals surface area (Å²) in [7, 11) is 0. The van der Waals surface area contributed by atoms with Crippen LogP contribution >= 0.6 is 0 Å². The zero-order valence-corrected chi connectivity index (χ0v) is 15.6. The first-order valence-corrected chi connectivity index (χ1v) is 9.30. The maximum absolute atomic E-state index is 12.2. The van der Waals surface area contributed by atoms with Gasteiger partial charge in [-0.1, -0.05) is 24.3 Å². The highest BCUT2D eigenvalue weighted by atomic mass is 16.5. The van der Waals surface area contributed by atoms with Gasteiger partial charge in [0.05, 0.1) is 6.61 Å². The number of aliphatic hydroxyl groups excluding tert-OH is 1. The number of aliphatic hydroxyl groups is 1. The van der Waals surface area contributed by atoms with Crippen LogP contribution in [0.1, 0.15) is 37.7 Å². The molecule has 3 aromatic rings. The van der Waals surface area contributed by atoms with Crippen molar-refractivity contribution in [3.05, 3.63) is 70.4 Å². The van der Waals surface area contributed by atoms with Crippen LogP contribution in [0.25, 0.3) is 17.0 Å². The molecule has 0 radical (unpaired) electrons. The molecule has 142 valence electrons. The van der Waals surface area contributed by atoms with Crippen LogP contribution in [0.5, 0.6) is 5.75 Å². The molecule has 0 atom stereocenters. The fourth-order valence-electron chi connectivity index (χ4n) is 3.10. The molecule has 0 saturated heterocycles. The molecule has 1 aromatic carbocycles. The molecule has 2 aromatic heterocycles. The largest absolute Gasteiger partial charge is 0.486 e. The molecule has 0 aliphatic heterocycles. The number of ether oxygens (including phenoxy) is 1. The van der Waals surface area contributed by atoms with Crippen molar-refractivity contribution in [1.29, 1.82) is 0 Å². The van der Waals surface area contributed by atoms with Gasteiger partial charge in [-0.3, -0.25) is 4.79 Å². The number of benzene rings is 1. The lowest BCUT2D eigenvalue weighted by Gasteiger charge is -2.09. The highest BCUT2D eigenvalue weighted by molar-refractivity contribution is 5.79. The molecule has 0 amide bonds. The number of hydrogen-bond donors (Lipinski definition) is 1. The monoisotopic (exact) mass is 367 g/mol. The van der Waals surface area contributed by atoms with Gasteiger partial charge in [-0.05, 0) is 49.8 Å². The molecule has 0 bridgehead atoms. The van der Waals surface area contributed by atoms with Crippen LogP contribution in [0.15, 0.2) is 57.9 Å². The first-order valence-electron chi connectivity index (χ1n) is 9.30. The maximum atomic E-state index is 12.2. The van der Waals surface area contributed by atoms with E-state index in [0.29, 0.717) is 12.4 Å². The number of allylic oxidation sites excluding steroid dienone is 1. The van der Waals surface area contributed by atoms with Gasteiger partial charge in [-0.2, -0.15) is 0 Å². The van der Waals surface area contributed by atoms with Crippen LogP contribution < -0.4 is 10.2 Å². The molecule has 0 aliphatic rings. The Bertz CT molecular complexity index is 968. The van der Waals surface area contributed by atoms with E-state index in [1.54, 1.807) is 12.2 Å². The Hall–Kier alpha value is -2.79. The van der Waals surface area contributed by atoms with Crippen molar-refractivity contribution in [1.82, 2.24) is 4.57 Å². The Morgan fingerprint density at radius 2 is 2.04 bits per heavy atom. The highest BCUT2D eigenvalue weighted by Crippen LogP contribution is 2.19. The summed E-state index contributed by atoms with van der Waals surface area (Å²) in [6, 6.07) is 11.8. The van der Waals surface area contributed by atoms with Crippen molar-refractivity contribution < 1.29 is 14.3 Å². The highest BCUT2D eigenvalue weighted by Gasteiger charge is 2.11. The number of hydrogen-bond acceptors (Lipinski definition) is 4. The number of unbranched alkanes of at least 4 members (excludes halogenated alkanes) is 2. The molecule has 2 heterocycles. The SMILES string of the molecule is CC=Cc1oc(CO)cc(=O)c1OCCCCCn1ccc2ccccc21. The second kappa shape index (κ2) is 9.24. The second-order valence-electron chi connectivity index (χ2n) is 6.41. The van der Waals surface area contributed by atoms with Gasteiger partial charge in [0.25, 0.3) is 0 Å². The molecule has 0 spiro atoms. The van der Waals surface area contributed by atoms with E-state index in [0.717, 1.165) is 25.8 Å². The topological polar surface area (TPSA) is 64.6 Å². The maximum Gasteiger partial charge on any atom is 0.227 e. The average Bonchev–Trinajstić information content (AvgIpc) is 3.09. The number of rotatable bonds is 9. The normalized spacial score (nSPS) is 11.5. The predicted molar refractivity (Wildman–Crippen MR) is 107 cm³/mol. The van der Waals surface area contributed by atoms with E-state index < -0.39 is 0 Å². The molecule has 27 heavy (non-hydrogen) atoms. The zero-order chi connectivity index (χ0) is 19.1. The van der Waals surface area contributed by atoms with Crippen molar-refractivity contribution in [2.45, 2.75) is 39.3 Å². The van der Waals surface area contributed by atoms with Gasteiger partial charge in [-0.25, -0.2) is 0 Å². The predicted octanol–water partition coefficient (Wildman–Crippen LogP) is 4.37. The van der Waals surface area contributed by atoms with E-state index in [4.69, 9.17) is 14.3 Å². The number of aryl methyl sites for hydroxylation is 1. The van der Waals surface area contributed by atoms with E-state index in [1.165, 1.54) is 17.0 Å². The number of para-hydroxylation sites is 1. The van der Waals surface area contributed by atoms with Crippen LogP contribution in [0, 0.1) is 0 Å². The molecule has 3 rings (SSSR count). The van der Waals surface area contributed by atoms with Gasteiger partial charge in [0.15, 0.2) is 5.76 Å². The Morgan fingerprint density at radius 1 is 1.19 bits per heavy atom. The van der Waals surface area contributed by atoms with Crippen molar-refractivity contribution in [3.63, 3.8) is 0 Å². The molecule has 0 saturated carbocycles. The third-order valence-electron chi connectivity index (χ3n) is 4.42. The van der Waals surface area contributed by atoms with Gasteiger partial charge in [0.1, 0.15) is 12.4 Å². The average molecular weight is 367 g/mol. The molecular formula is C22H25NO4.